The molecule has 1 amide bonds. The highest BCUT2D eigenvalue weighted by Crippen LogP contribution is 2.37. The van der Waals surface area contributed by atoms with E-state index in [0.717, 1.165) is 6.42 Å². The van der Waals surface area contributed by atoms with Crippen LogP contribution in [-0.4, -0.2) is 52.0 Å². The lowest BCUT2D eigenvalue weighted by Gasteiger charge is -2.16. The molecule has 0 unspecified atom stereocenters. The van der Waals surface area contributed by atoms with E-state index in [1.807, 2.05) is 6.92 Å². The first kappa shape index (κ1) is 21.2. The van der Waals surface area contributed by atoms with Crippen LogP contribution in [0.25, 0.3) is 0 Å². The predicted molar refractivity (Wildman–Crippen MR) is 96.2 cm³/mol. The van der Waals surface area contributed by atoms with E-state index in [2.05, 4.69) is 21.2 Å². The molecule has 0 fully saturated rings. The molecular weight excluding hydrogens is 394 g/mol. The van der Waals surface area contributed by atoms with Crippen molar-refractivity contribution in [2.24, 2.45) is 0 Å². The van der Waals surface area contributed by atoms with Crippen LogP contribution in [0.5, 0.6) is 11.5 Å². The number of nitrogens with one attached hydrogen (secondary N) is 1. The second kappa shape index (κ2) is 10.9. The van der Waals surface area contributed by atoms with Crippen molar-refractivity contribution < 1.29 is 28.5 Å². The molecule has 0 heterocycles. The van der Waals surface area contributed by atoms with Gasteiger partial charge in [0.1, 0.15) is 0 Å². The molecule has 0 saturated carbocycles. The van der Waals surface area contributed by atoms with Gasteiger partial charge in [0.2, 0.25) is 0 Å². The first-order chi connectivity index (χ1) is 11.9. The lowest BCUT2D eigenvalue weighted by atomic mass is 10.2. The largest absolute Gasteiger partial charge is 0.493 e. The van der Waals surface area contributed by atoms with E-state index in [4.69, 9.17) is 18.9 Å². The molecule has 1 atom stereocenters. The molecule has 0 radical (unpaired) electrons. The Kier molecular flexibility index (Phi) is 9.30. The third-order valence-corrected chi connectivity index (χ3v) is 3.76. The maximum atomic E-state index is 12.3. The smallest absolute Gasteiger partial charge is 0.339 e. The average molecular weight is 418 g/mol. The highest BCUT2D eigenvalue weighted by Gasteiger charge is 2.21. The van der Waals surface area contributed by atoms with Gasteiger partial charge in [-0.1, -0.05) is 6.92 Å². The number of carbonyl (C=O) groups is 2. The van der Waals surface area contributed by atoms with Gasteiger partial charge in [0.05, 0.1) is 30.4 Å². The van der Waals surface area contributed by atoms with Crippen LogP contribution in [0, 0.1) is 0 Å². The van der Waals surface area contributed by atoms with Crippen molar-refractivity contribution in [3.63, 3.8) is 0 Å². The number of hydrogen-bond acceptors (Lipinski definition) is 6. The predicted octanol–water partition coefficient (Wildman–Crippen LogP) is 2.55. The van der Waals surface area contributed by atoms with Gasteiger partial charge in [-0.3, -0.25) is 4.79 Å². The van der Waals surface area contributed by atoms with E-state index in [0.29, 0.717) is 35.7 Å². The lowest BCUT2D eigenvalue weighted by molar-refractivity contribution is -0.129. The van der Waals surface area contributed by atoms with Crippen LogP contribution >= 0.6 is 15.9 Å². The summed E-state index contributed by atoms with van der Waals surface area (Å²) in [5, 5.41) is 2.61. The molecule has 0 aliphatic carbocycles. The monoisotopic (exact) mass is 417 g/mol. The van der Waals surface area contributed by atoms with Gasteiger partial charge < -0.3 is 24.3 Å². The molecule has 0 bridgehead atoms. The minimum absolute atomic E-state index is 0.254. The highest BCUT2D eigenvalue weighted by atomic mass is 79.9. The second-order valence-electron chi connectivity index (χ2n) is 5.17. The Hall–Kier alpha value is -1.80. The quantitative estimate of drug-likeness (QED) is 0.465. The summed E-state index contributed by atoms with van der Waals surface area (Å²) in [6, 6.07) is 3.10. The summed E-state index contributed by atoms with van der Waals surface area (Å²) in [5.74, 6) is -0.0898. The van der Waals surface area contributed by atoms with E-state index >= 15 is 0 Å². The Balaban J connectivity index is 2.81. The number of amides is 1. The minimum Gasteiger partial charge on any atom is -0.493 e. The van der Waals surface area contributed by atoms with Crippen LogP contribution in [0.3, 0.4) is 0 Å². The molecule has 140 valence electrons. The van der Waals surface area contributed by atoms with Crippen LogP contribution in [-0.2, 0) is 14.3 Å². The van der Waals surface area contributed by atoms with Gasteiger partial charge in [-0.25, -0.2) is 4.79 Å². The Bertz CT molecular complexity index is 593. The Labute approximate surface area is 156 Å². The molecule has 0 aliphatic rings. The zero-order valence-electron chi connectivity index (χ0n) is 14.9. The topological polar surface area (TPSA) is 83.1 Å². The number of ether oxygens (including phenoxy) is 4. The lowest BCUT2D eigenvalue weighted by Crippen LogP contribution is -2.37. The van der Waals surface area contributed by atoms with Crippen LogP contribution in [0.4, 0.5) is 0 Å². The number of methoxy groups -OCH3 is 2. The number of hydrogen-bond donors (Lipinski definition) is 1. The standard InChI is InChI=1S/C17H24BrNO6/c1-5-7-24-15-13(18)9-12(10-14(15)23-4)17(21)25-11(2)16(20)19-6-8-22-3/h9-11H,5-8H2,1-4H3,(H,19,20)/t11-/m1/s1. The van der Waals surface area contributed by atoms with Crippen molar-refractivity contribution >= 4 is 27.8 Å². The third kappa shape index (κ3) is 6.55. The van der Waals surface area contributed by atoms with Crippen molar-refractivity contribution in [1.82, 2.24) is 5.32 Å². The van der Waals surface area contributed by atoms with Crippen LogP contribution in [0.1, 0.15) is 30.6 Å². The third-order valence-electron chi connectivity index (χ3n) is 3.17. The first-order valence-corrected chi connectivity index (χ1v) is 8.71. The maximum absolute atomic E-state index is 12.3. The zero-order chi connectivity index (χ0) is 18.8. The molecule has 0 aromatic heterocycles. The number of esters is 1. The minimum atomic E-state index is -0.926. The van der Waals surface area contributed by atoms with Crippen molar-refractivity contribution in [3.05, 3.63) is 22.2 Å². The fraction of sp³-hybridized carbons (Fsp3) is 0.529. The Morgan fingerprint density at radius 3 is 2.56 bits per heavy atom. The summed E-state index contributed by atoms with van der Waals surface area (Å²) >= 11 is 3.37. The molecule has 7 nitrogen and oxygen atoms in total. The van der Waals surface area contributed by atoms with Crippen LogP contribution in [0.2, 0.25) is 0 Å². The molecule has 1 aromatic carbocycles. The fourth-order valence-electron chi connectivity index (χ4n) is 1.88. The molecule has 25 heavy (non-hydrogen) atoms. The number of rotatable bonds is 10. The van der Waals surface area contributed by atoms with Crippen molar-refractivity contribution in [2.75, 3.05) is 34.0 Å². The maximum Gasteiger partial charge on any atom is 0.339 e. The Morgan fingerprint density at radius 1 is 1.24 bits per heavy atom. The number of benzene rings is 1. The number of carbonyl (C=O) groups excluding carboxylic acids is 2. The molecule has 0 saturated heterocycles. The average Bonchev–Trinajstić information content (AvgIpc) is 2.59. The molecule has 1 N–H and O–H groups in total. The van der Waals surface area contributed by atoms with E-state index < -0.39 is 12.1 Å². The van der Waals surface area contributed by atoms with Crippen LogP contribution in [0.15, 0.2) is 16.6 Å². The molecular formula is C17H24BrNO6. The molecule has 0 aliphatic heterocycles. The zero-order valence-corrected chi connectivity index (χ0v) is 16.5. The van der Waals surface area contributed by atoms with E-state index in [1.54, 1.807) is 6.07 Å². The van der Waals surface area contributed by atoms with Gasteiger partial charge in [-0.2, -0.15) is 0 Å². The van der Waals surface area contributed by atoms with Gasteiger partial charge in [0, 0.05) is 13.7 Å². The highest BCUT2D eigenvalue weighted by molar-refractivity contribution is 9.10. The summed E-state index contributed by atoms with van der Waals surface area (Å²) < 4.78 is 21.5. The summed E-state index contributed by atoms with van der Waals surface area (Å²) in [6.45, 7) is 4.75. The van der Waals surface area contributed by atoms with Crippen LogP contribution < -0.4 is 14.8 Å². The normalized spacial score (nSPS) is 11.6. The Morgan fingerprint density at radius 2 is 1.96 bits per heavy atom. The first-order valence-electron chi connectivity index (χ1n) is 7.92. The summed E-state index contributed by atoms with van der Waals surface area (Å²) in [4.78, 5) is 24.1. The van der Waals surface area contributed by atoms with Gasteiger partial charge in [0.15, 0.2) is 17.6 Å². The summed E-state index contributed by atoms with van der Waals surface area (Å²) in [6.07, 6.45) is -0.0834. The number of halogens is 1. The summed E-state index contributed by atoms with van der Waals surface area (Å²) in [7, 11) is 3.02. The molecule has 0 spiro atoms. The van der Waals surface area contributed by atoms with E-state index in [9.17, 15) is 9.59 Å². The van der Waals surface area contributed by atoms with Crippen molar-refractivity contribution in [1.29, 1.82) is 0 Å². The van der Waals surface area contributed by atoms with E-state index in [-0.39, 0.29) is 11.5 Å². The summed E-state index contributed by atoms with van der Waals surface area (Å²) in [5.41, 5.74) is 0.254. The van der Waals surface area contributed by atoms with Crippen molar-refractivity contribution in [3.8, 4) is 11.5 Å². The molecule has 1 rings (SSSR count). The van der Waals surface area contributed by atoms with Gasteiger partial charge in [-0.05, 0) is 41.4 Å². The molecule has 1 aromatic rings. The van der Waals surface area contributed by atoms with Gasteiger partial charge in [0.25, 0.3) is 5.91 Å². The van der Waals surface area contributed by atoms with Crippen molar-refractivity contribution in [2.45, 2.75) is 26.4 Å². The SMILES string of the molecule is CCCOc1c(Br)cc(C(=O)O[C@H](C)C(=O)NCCOC)cc1OC. The second-order valence-corrected chi connectivity index (χ2v) is 6.02. The fourth-order valence-corrected chi connectivity index (χ4v) is 2.44. The van der Waals surface area contributed by atoms with Gasteiger partial charge >= 0.3 is 5.97 Å². The van der Waals surface area contributed by atoms with Gasteiger partial charge in [-0.15, -0.1) is 0 Å². The van der Waals surface area contributed by atoms with E-state index in [1.165, 1.54) is 27.2 Å². The molecule has 8 heteroatoms.